The molecule has 1 atom stereocenters. The second kappa shape index (κ2) is 12.6. The number of carbonyl (C=O) groups excluding carboxylic acids is 1. The highest BCUT2D eigenvalue weighted by Crippen LogP contribution is 2.20. The molecule has 6 nitrogen and oxygen atoms in total. The number of hydrogen-bond acceptors (Lipinski definition) is 3. The number of hydrogen-bond donors (Lipinski definition) is 2. The van der Waals surface area contributed by atoms with Crippen molar-refractivity contribution in [2.45, 2.75) is 26.7 Å². The summed E-state index contributed by atoms with van der Waals surface area (Å²) in [6.07, 6.45) is 1.44. The van der Waals surface area contributed by atoms with Crippen LogP contribution in [0.15, 0.2) is 27.7 Å². The first-order valence-electron chi connectivity index (χ1n) is 9.12. The molecule has 1 aromatic carbocycles. The van der Waals surface area contributed by atoms with Gasteiger partial charge in [-0.05, 0) is 38.0 Å². The van der Waals surface area contributed by atoms with E-state index in [9.17, 15) is 4.79 Å². The molecule has 1 aromatic rings. The first-order chi connectivity index (χ1) is 12.5. The minimum absolute atomic E-state index is 0. The SMILES string of the molecule is CCNC(=NCCC(=O)Nc1cc(Br)ccc1C)N(C)CC1CCOC1.I. The number of carbonyl (C=O) groups is 1. The normalized spacial score (nSPS) is 16.6. The maximum absolute atomic E-state index is 12.2. The van der Waals surface area contributed by atoms with Crippen LogP contribution < -0.4 is 10.6 Å². The number of aryl methyl sites for hydroxylation is 1. The predicted octanol–water partition coefficient (Wildman–Crippen LogP) is 3.64. The molecule has 1 fully saturated rings. The Kier molecular flexibility index (Phi) is 11.2. The first-order valence-corrected chi connectivity index (χ1v) is 9.92. The first kappa shape index (κ1) is 24.2. The fraction of sp³-hybridized carbons (Fsp3) is 0.579. The number of aliphatic imine (C=N–C) groups is 1. The van der Waals surface area contributed by atoms with Gasteiger partial charge in [-0.25, -0.2) is 0 Å². The number of halogens is 2. The molecule has 0 bridgehead atoms. The van der Waals surface area contributed by atoms with Crippen molar-refractivity contribution in [3.63, 3.8) is 0 Å². The van der Waals surface area contributed by atoms with Crippen molar-refractivity contribution < 1.29 is 9.53 Å². The standard InChI is InChI=1S/C19H29BrN4O2.HI/c1-4-21-19(24(3)12-15-8-10-26-13-15)22-9-7-18(25)23-17-11-16(20)6-5-14(17)2;/h5-6,11,15H,4,7-10,12-13H2,1-3H3,(H,21,22)(H,23,25);1H. The van der Waals surface area contributed by atoms with Crippen molar-refractivity contribution >= 4 is 57.5 Å². The van der Waals surface area contributed by atoms with Gasteiger partial charge in [0.1, 0.15) is 0 Å². The van der Waals surface area contributed by atoms with Crippen LogP contribution in [0.1, 0.15) is 25.3 Å². The number of benzene rings is 1. The topological polar surface area (TPSA) is 66.0 Å². The Morgan fingerprint density at radius 3 is 2.89 bits per heavy atom. The second-order valence-corrected chi connectivity index (χ2v) is 7.52. The van der Waals surface area contributed by atoms with Gasteiger partial charge in [0.2, 0.25) is 5.91 Å². The molecular weight excluding hydrogens is 523 g/mol. The van der Waals surface area contributed by atoms with E-state index >= 15 is 0 Å². The predicted molar refractivity (Wildman–Crippen MR) is 125 cm³/mol. The van der Waals surface area contributed by atoms with Crippen LogP contribution in [-0.4, -0.2) is 56.7 Å². The lowest BCUT2D eigenvalue weighted by Crippen LogP contribution is -2.41. The third-order valence-corrected chi connectivity index (χ3v) is 4.82. The lowest BCUT2D eigenvalue weighted by atomic mass is 10.1. The van der Waals surface area contributed by atoms with Crippen LogP contribution >= 0.6 is 39.9 Å². The Bertz CT molecular complexity index is 636. The fourth-order valence-electron chi connectivity index (χ4n) is 2.88. The molecule has 0 aliphatic carbocycles. The van der Waals surface area contributed by atoms with E-state index in [1.807, 2.05) is 39.1 Å². The second-order valence-electron chi connectivity index (χ2n) is 6.60. The van der Waals surface area contributed by atoms with Gasteiger partial charge in [0.05, 0.1) is 13.2 Å². The zero-order chi connectivity index (χ0) is 18.9. The minimum Gasteiger partial charge on any atom is -0.381 e. The fourth-order valence-corrected chi connectivity index (χ4v) is 3.24. The van der Waals surface area contributed by atoms with Crippen LogP contribution in [0.5, 0.6) is 0 Å². The molecule has 8 heteroatoms. The van der Waals surface area contributed by atoms with E-state index in [-0.39, 0.29) is 29.9 Å². The van der Waals surface area contributed by atoms with Gasteiger partial charge >= 0.3 is 0 Å². The molecule has 0 saturated carbocycles. The van der Waals surface area contributed by atoms with E-state index in [0.717, 1.165) is 54.4 Å². The molecule has 2 rings (SSSR count). The molecular formula is C19H30BrIN4O2. The molecule has 1 saturated heterocycles. The molecule has 27 heavy (non-hydrogen) atoms. The number of amides is 1. The molecule has 152 valence electrons. The Labute approximate surface area is 187 Å². The lowest BCUT2D eigenvalue weighted by Gasteiger charge is -2.24. The van der Waals surface area contributed by atoms with Crippen LogP contribution in [-0.2, 0) is 9.53 Å². The largest absolute Gasteiger partial charge is 0.381 e. The zero-order valence-electron chi connectivity index (χ0n) is 16.3. The summed E-state index contributed by atoms with van der Waals surface area (Å²) < 4.78 is 6.39. The van der Waals surface area contributed by atoms with Crippen LogP contribution in [0.2, 0.25) is 0 Å². The van der Waals surface area contributed by atoms with Gasteiger partial charge in [-0.15, -0.1) is 24.0 Å². The molecule has 0 spiro atoms. The van der Waals surface area contributed by atoms with Crippen molar-refractivity contribution in [2.75, 3.05) is 45.2 Å². The van der Waals surface area contributed by atoms with Gasteiger partial charge in [-0.1, -0.05) is 22.0 Å². The molecule has 1 heterocycles. The number of nitrogens with zero attached hydrogens (tertiary/aromatic N) is 2. The summed E-state index contributed by atoms with van der Waals surface area (Å²) in [4.78, 5) is 18.9. The molecule has 1 aliphatic heterocycles. The monoisotopic (exact) mass is 552 g/mol. The zero-order valence-corrected chi connectivity index (χ0v) is 20.2. The van der Waals surface area contributed by atoms with E-state index in [1.54, 1.807) is 0 Å². The van der Waals surface area contributed by atoms with Crippen LogP contribution in [0, 0.1) is 12.8 Å². The third-order valence-electron chi connectivity index (χ3n) is 4.33. The summed E-state index contributed by atoms with van der Waals surface area (Å²) in [6.45, 7) is 7.85. The van der Waals surface area contributed by atoms with E-state index in [4.69, 9.17) is 4.74 Å². The van der Waals surface area contributed by atoms with E-state index in [0.29, 0.717) is 18.9 Å². The van der Waals surface area contributed by atoms with E-state index in [2.05, 4.69) is 36.5 Å². The van der Waals surface area contributed by atoms with E-state index < -0.39 is 0 Å². The van der Waals surface area contributed by atoms with Gasteiger partial charge in [-0.2, -0.15) is 0 Å². The van der Waals surface area contributed by atoms with Gasteiger partial charge in [-0.3, -0.25) is 9.79 Å². The number of guanidine groups is 1. The quantitative estimate of drug-likeness (QED) is 0.308. The highest BCUT2D eigenvalue weighted by atomic mass is 127. The van der Waals surface area contributed by atoms with Gasteiger partial charge in [0.15, 0.2) is 5.96 Å². The average molecular weight is 553 g/mol. The van der Waals surface area contributed by atoms with Crippen molar-refractivity contribution in [3.05, 3.63) is 28.2 Å². The summed E-state index contributed by atoms with van der Waals surface area (Å²) in [7, 11) is 2.03. The van der Waals surface area contributed by atoms with Crippen LogP contribution in [0.25, 0.3) is 0 Å². The van der Waals surface area contributed by atoms with Gasteiger partial charge in [0, 0.05) is 49.2 Å². The Balaban J connectivity index is 0.00000364. The minimum atomic E-state index is -0.0300. The molecule has 1 aliphatic rings. The van der Waals surface area contributed by atoms with Crippen LogP contribution in [0.4, 0.5) is 5.69 Å². The van der Waals surface area contributed by atoms with E-state index in [1.165, 1.54) is 0 Å². The highest BCUT2D eigenvalue weighted by molar-refractivity contribution is 14.0. The molecule has 1 amide bonds. The number of nitrogens with one attached hydrogen (secondary N) is 2. The van der Waals surface area contributed by atoms with Crippen molar-refractivity contribution in [3.8, 4) is 0 Å². The number of rotatable bonds is 7. The van der Waals surface area contributed by atoms with Crippen molar-refractivity contribution in [2.24, 2.45) is 10.9 Å². The molecule has 0 radical (unpaired) electrons. The van der Waals surface area contributed by atoms with Gasteiger partial charge < -0.3 is 20.3 Å². The average Bonchev–Trinajstić information content (AvgIpc) is 3.10. The van der Waals surface area contributed by atoms with Crippen molar-refractivity contribution in [1.82, 2.24) is 10.2 Å². The Morgan fingerprint density at radius 2 is 2.22 bits per heavy atom. The third kappa shape index (κ3) is 8.35. The maximum Gasteiger partial charge on any atom is 0.226 e. The molecule has 0 aromatic heterocycles. The smallest absolute Gasteiger partial charge is 0.226 e. The lowest BCUT2D eigenvalue weighted by molar-refractivity contribution is -0.116. The summed E-state index contributed by atoms with van der Waals surface area (Å²) in [5, 5.41) is 6.25. The van der Waals surface area contributed by atoms with Crippen molar-refractivity contribution in [1.29, 1.82) is 0 Å². The maximum atomic E-state index is 12.2. The number of ether oxygens (including phenoxy) is 1. The summed E-state index contributed by atoms with van der Waals surface area (Å²) >= 11 is 3.43. The van der Waals surface area contributed by atoms with Gasteiger partial charge in [0.25, 0.3) is 0 Å². The number of anilines is 1. The Hall–Kier alpha value is -0.870. The Morgan fingerprint density at radius 1 is 1.44 bits per heavy atom. The summed E-state index contributed by atoms with van der Waals surface area (Å²) in [5.74, 6) is 1.36. The molecule has 1 unspecified atom stereocenters. The summed E-state index contributed by atoms with van der Waals surface area (Å²) in [5.41, 5.74) is 1.87. The van der Waals surface area contributed by atoms with Crippen LogP contribution in [0.3, 0.4) is 0 Å². The highest BCUT2D eigenvalue weighted by Gasteiger charge is 2.19. The summed E-state index contributed by atoms with van der Waals surface area (Å²) in [6, 6.07) is 5.85. The molecule has 2 N–H and O–H groups in total.